The Morgan fingerprint density at radius 1 is 1.32 bits per heavy atom. The maximum absolute atomic E-state index is 11.4. The fourth-order valence-corrected chi connectivity index (χ4v) is 2.25. The predicted octanol–water partition coefficient (Wildman–Crippen LogP) is 2.09. The first-order valence-electron chi connectivity index (χ1n) is 7.37. The third kappa shape index (κ3) is 3.81. The van der Waals surface area contributed by atoms with E-state index < -0.39 is 12.0 Å². The monoisotopic (exact) mass is 304 g/mol. The Hall–Kier alpha value is -2.44. The van der Waals surface area contributed by atoms with Crippen LogP contribution >= 0.6 is 0 Å². The Morgan fingerprint density at radius 3 is 2.64 bits per heavy atom. The lowest BCUT2D eigenvalue weighted by atomic mass is 10.1. The number of hydrogen-bond donors (Lipinski definition) is 1. The predicted molar refractivity (Wildman–Crippen MR) is 79.8 cm³/mol. The number of ether oxygens (including phenoxy) is 1. The average molecular weight is 304 g/mol. The molecule has 0 fully saturated rings. The molecule has 1 heterocycles. The molecule has 0 bridgehead atoms. The lowest BCUT2D eigenvalue weighted by Crippen LogP contribution is -2.22. The Balaban J connectivity index is 2.16. The highest BCUT2D eigenvalue weighted by Gasteiger charge is 2.23. The number of hydrogen-bond acceptors (Lipinski definition) is 5. The van der Waals surface area contributed by atoms with Crippen LogP contribution in [0.5, 0.6) is 5.75 Å². The van der Waals surface area contributed by atoms with E-state index in [-0.39, 0.29) is 0 Å². The summed E-state index contributed by atoms with van der Waals surface area (Å²) in [5, 5.41) is 20.8. The van der Waals surface area contributed by atoms with Crippen molar-refractivity contribution in [3.63, 3.8) is 0 Å². The van der Waals surface area contributed by atoms with Gasteiger partial charge in [0.2, 0.25) is 0 Å². The molecule has 0 spiro atoms. The Labute approximate surface area is 128 Å². The van der Waals surface area contributed by atoms with E-state index in [1.54, 1.807) is 0 Å². The van der Waals surface area contributed by atoms with Gasteiger partial charge in [0.25, 0.3) is 0 Å². The van der Waals surface area contributed by atoms with E-state index in [2.05, 4.69) is 15.5 Å². The van der Waals surface area contributed by atoms with Gasteiger partial charge in [-0.15, -0.1) is 5.10 Å². The summed E-state index contributed by atoms with van der Waals surface area (Å²) in [7, 11) is 0. The third-order valence-corrected chi connectivity index (χ3v) is 3.30. The normalized spacial score (nSPS) is 12.1. The highest BCUT2D eigenvalue weighted by molar-refractivity contribution is 5.71. The SMILES string of the molecule is CCCC(C(=O)O)n1nnnc1Cc1ccc(OCC)cc1. The largest absolute Gasteiger partial charge is 0.494 e. The van der Waals surface area contributed by atoms with Gasteiger partial charge in [-0.25, -0.2) is 9.48 Å². The van der Waals surface area contributed by atoms with Crippen LogP contribution in [0.3, 0.4) is 0 Å². The topological polar surface area (TPSA) is 90.1 Å². The molecule has 1 N–H and O–H groups in total. The fraction of sp³-hybridized carbons (Fsp3) is 0.467. The summed E-state index contributed by atoms with van der Waals surface area (Å²) in [6, 6.07) is 6.90. The number of benzene rings is 1. The molecule has 2 aromatic rings. The molecule has 0 saturated heterocycles. The summed E-state index contributed by atoms with van der Waals surface area (Å²) in [6.07, 6.45) is 1.73. The molecule has 1 unspecified atom stereocenters. The minimum atomic E-state index is -0.915. The molecule has 2 rings (SSSR count). The highest BCUT2D eigenvalue weighted by atomic mass is 16.5. The van der Waals surface area contributed by atoms with E-state index in [0.717, 1.165) is 17.7 Å². The molecule has 22 heavy (non-hydrogen) atoms. The lowest BCUT2D eigenvalue weighted by molar-refractivity contribution is -0.141. The van der Waals surface area contributed by atoms with E-state index >= 15 is 0 Å². The zero-order valence-corrected chi connectivity index (χ0v) is 12.8. The number of aromatic nitrogens is 4. The number of carbonyl (C=O) groups is 1. The van der Waals surface area contributed by atoms with Crippen LogP contribution in [-0.2, 0) is 11.2 Å². The Morgan fingerprint density at radius 2 is 2.05 bits per heavy atom. The molecule has 0 saturated carbocycles. The Bertz CT molecular complexity index is 610. The standard InChI is InChI=1S/C15H20N4O3/c1-3-5-13(15(20)21)19-14(16-17-18-19)10-11-6-8-12(9-7-11)22-4-2/h6-9,13H,3-5,10H2,1-2H3,(H,20,21). The molecular weight excluding hydrogens is 284 g/mol. The molecule has 0 aliphatic carbocycles. The van der Waals surface area contributed by atoms with Crippen molar-refractivity contribution >= 4 is 5.97 Å². The maximum atomic E-state index is 11.4. The van der Waals surface area contributed by atoms with Crippen molar-refractivity contribution in [2.24, 2.45) is 0 Å². The molecule has 0 amide bonds. The first kappa shape index (κ1) is 15.9. The van der Waals surface area contributed by atoms with Gasteiger partial charge >= 0.3 is 5.97 Å². The van der Waals surface area contributed by atoms with Gasteiger partial charge in [-0.05, 0) is 41.5 Å². The van der Waals surface area contributed by atoms with Crippen LogP contribution < -0.4 is 4.74 Å². The minimum Gasteiger partial charge on any atom is -0.494 e. The van der Waals surface area contributed by atoms with E-state index in [4.69, 9.17) is 4.74 Å². The molecule has 1 atom stereocenters. The van der Waals surface area contributed by atoms with Crippen molar-refractivity contribution < 1.29 is 14.6 Å². The smallest absolute Gasteiger partial charge is 0.328 e. The Kier molecular flexibility index (Phi) is 5.46. The van der Waals surface area contributed by atoms with Crippen LogP contribution in [0.25, 0.3) is 0 Å². The molecule has 1 aromatic heterocycles. The second-order valence-electron chi connectivity index (χ2n) is 4.94. The molecule has 0 aliphatic rings. The number of carboxylic acids is 1. The van der Waals surface area contributed by atoms with E-state index in [0.29, 0.717) is 25.3 Å². The van der Waals surface area contributed by atoms with Gasteiger partial charge in [0, 0.05) is 6.42 Å². The number of rotatable bonds is 8. The van der Waals surface area contributed by atoms with Gasteiger partial charge in [0.05, 0.1) is 6.61 Å². The van der Waals surface area contributed by atoms with Gasteiger partial charge in [-0.3, -0.25) is 0 Å². The quantitative estimate of drug-likeness (QED) is 0.803. The molecule has 118 valence electrons. The third-order valence-electron chi connectivity index (χ3n) is 3.30. The van der Waals surface area contributed by atoms with Crippen LogP contribution in [0.15, 0.2) is 24.3 Å². The number of aliphatic carboxylic acids is 1. The molecule has 7 nitrogen and oxygen atoms in total. The van der Waals surface area contributed by atoms with Crippen molar-refractivity contribution in [3.05, 3.63) is 35.7 Å². The van der Waals surface area contributed by atoms with Crippen molar-refractivity contribution in [2.75, 3.05) is 6.61 Å². The number of nitrogens with zero attached hydrogens (tertiary/aromatic N) is 4. The van der Waals surface area contributed by atoms with Gasteiger partial charge in [-0.1, -0.05) is 25.5 Å². The average Bonchev–Trinajstić information content (AvgIpc) is 2.94. The van der Waals surface area contributed by atoms with Crippen molar-refractivity contribution in [1.29, 1.82) is 0 Å². The molecule has 0 radical (unpaired) electrons. The van der Waals surface area contributed by atoms with Crippen LogP contribution in [0.2, 0.25) is 0 Å². The lowest BCUT2D eigenvalue weighted by Gasteiger charge is -2.13. The van der Waals surface area contributed by atoms with Crippen LogP contribution in [0.1, 0.15) is 44.1 Å². The maximum Gasteiger partial charge on any atom is 0.328 e. The van der Waals surface area contributed by atoms with E-state index in [1.807, 2.05) is 38.1 Å². The zero-order valence-electron chi connectivity index (χ0n) is 12.8. The molecule has 7 heteroatoms. The second-order valence-corrected chi connectivity index (χ2v) is 4.94. The molecule has 0 aliphatic heterocycles. The van der Waals surface area contributed by atoms with Crippen molar-refractivity contribution in [2.45, 2.75) is 39.2 Å². The highest BCUT2D eigenvalue weighted by Crippen LogP contribution is 2.18. The fourth-order valence-electron chi connectivity index (χ4n) is 2.25. The van der Waals surface area contributed by atoms with E-state index in [9.17, 15) is 9.90 Å². The van der Waals surface area contributed by atoms with Gasteiger partial charge in [0.1, 0.15) is 5.75 Å². The van der Waals surface area contributed by atoms with Crippen LogP contribution in [0.4, 0.5) is 0 Å². The van der Waals surface area contributed by atoms with Gasteiger partial charge in [-0.2, -0.15) is 0 Å². The van der Waals surface area contributed by atoms with Gasteiger partial charge in [0.15, 0.2) is 11.9 Å². The first-order chi connectivity index (χ1) is 10.7. The van der Waals surface area contributed by atoms with Gasteiger partial charge < -0.3 is 9.84 Å². The molecule has 1 aromatic carbocycles. The minimum absolute atomic E-state index is 0.479. The van der Waals surface area contributed by atoms with Crippen LogP contribution in [0, 0.1) is 0 Å². The van der Waals surface area contributed by atoms with E-state index in [1.165, 1.54) is 4.68 Å². The number of carboxylic acid groups (broad SMARTS) is 1. The first-order valence-corrected chi connectivity index (χ1v) is 7.37. The van der Waals surface area contributed by atoms with Crippen LogP contribution in [-0.4, -0.2) is 37.9 Å². The zero-order chi connectivity index (χ0) is 15.9. The summed E-state index contributed by atoms with van der Waals surface area (Å²) in [5.74, 6) is 0.437. The summed E-state index contributed by atoms with van der Waals surface area (Å²) in [5.41, 5.74) is 1.00. The molecular formula is C15H20N4O3. The summed E-state index contributed by atoms with van der Waals surface area (Å²) >= 11 is 0. The summed E-state index contributed by atoms with van der Waals surface area (Å²) in [4.78, 5) is 11.4. The summed E-state index contributed by atoms with van der Waals surface area (Å²) in [6.45, 7) is 4.49. The van der Waals surface area contributed by atoms with Crippen molar-refractivity contribution in [1.82, 2.24) is 20.2 Å². The number of tetrazole rings is 1. The van der Waals surface area contributed by atoms with Crippen molar-refractivity contribution in [3.8, 4) is 5.75 Å². The summed E-state index contributed by atoms with van der Waals surface area (Å²) < 4.78 is 6.80. The second kappa shape index (κ2) is 7.53.